The summed E-state index contributed by atoms with van der Waals surface area (Å²) in [6, 6.07) is 16.0. The maximum absolute atomic E-state index is 13.5. The molecule has 0 spiro atoms. The normalized spacial score (nSPS) is 11.1. The summed E-state index contributed by atoms with van der Waals surface area (Å²) in [7, 11) is 0. The van der Waals surface area contributed by atoms with Crippen LogP contribution in [0.15, 0.2) is 59.4 Å². The second-order valence-electron chi connectivity index (χ2n) is 7.08. The standard InChI is InChI=1S/C24H18Cl2N2O3/c1-3-28-13(2)20(19-11-9-14-6-4-5-7-18(14)27-19)23(29)21(24(30)31)22(28)15-8-10-16(25)17(26)12-15/h4-12H,3H2,1-2H3,(H,30,31). The molecule has 4 aromatic rings. The number of aromatic carboxylic acids is 1. The molecule has 2 heterocycles. The lowest BCUT2D eigenvalue weighted by atomic mass is 9.98. The van der Waals surface area contributed by atoms with E-state index in [4.69, 9.17) is 23.2 Å². The van der Waals surface area contributed by atoms with Crippen molar-refractivity contribution >= 4 is 40.1 Å². The van der Waals surface area contributed by atoms with Gasteiger partial charge in [0.2, 0.25) is 5.43 Å². The fraction of sp³-hybridized carbons (Fsp3) is 0.125. The number of para-hydroxylation sites is 1. The first-order chi connectivity index (χ1) is 14.8. The minimum atomic E-state index is -1.31. The lowest BCUT2D eigenvalue weighted by Crippen LogP contribution is -2.25. The van der Waals surface area contributed by atoms with Gasteiger partial charge in [-0.3, -0.25) is 4.79 Å². The number of nitrogens with zero attached hydrogens (tertiary/aromatic N) is 2. The lowest BCUT2D eigenvalue weighted by Gasteiger charge is -2.21. The van der Waals surface area contributed by atoms with Crippen LogP contribution in [-0.2, 0) is 6.54 Å². The smallest absolute Gasteiger partial charge is 0.341 e. The molecule has 7 heteroatoms. The lowest BCUT2D eigenvalue weighted by molar-refractivity contribution is 0.0695. The van der Waals surface area contributed by atoms with Crippen molar-refractivity contribution in [3.05, 3.63) is 86.1 Å². The molecule has 0 saturated carbocycles. The molecule has 0 aliphatic heterocycles. The van der Waals surface area contributed by atoms with Crippen molar-refractivity contribution in [3.63, 3.8) is 0 Å². The molecule has 0 aliphatic rings. The average molecular weight is 453 g/mol. The van der Waals surface area contributed by atoms with Gasteiger partial charge in [0.05, 0.1) is 32.5 Å². The SMILES string of the molecule is CCn1c(C)c(-c2ccc3ccccc3n2)c(=O)c(C(=O)O)c1-c1ccc(Cl)c(Cl)c1. The molecule has 0 bridgehead atoms. The molecule has 5 nitrogen and oxygen atoms in total. The van der Waals surface area contributed by atoms with Crippen LogP contribution in [0.2, 0.25) is 10.0 Å². The minimum absolute atomic E-state index is 0.272. The van der Waals surface area contributed by atoms with Crippen LogP contribution in [-0.4, -0.2) is 20.6 Å². The fourth-order valence-corrected chi connectivity index (χ4v) is 4.18. The molecule has 0 atom stereocenters. The molecular weight excluding hydrogens is 435 g/mol. The quantitative estimate of drug-likeness (QED) is 0.408. The van der Waals surface area contributed by atoms with Gasteiger partial charge in [0.15, 0.2) is 0 Å². The van der Waals surface area contributed by atoms with Gasteiger partial charge in [0.25, 0.3) is 0 Å². The molecule has 0 radical (unpaired) electrons. The summed E-state index contributed by atoms with van der Waals surface area (Å²) >= 11 is 12.2. The van der Waals surface area contributed by atoms with Crippen LogP contribution in [0, 0.1) is 6.92 Å². The highest BCUT2D eigenvalue weighted by molar-refractivity contribution is 6.42. The first-order valence-electron chi connectivity index (χ1n) is 9.65. The average Bonchev–Trinajstić information content (AvgIpc) is 2.75. The van der Waals surface area contributed by atoms with E-state index in [0.29, 0.717) is 34.2 Å². The Labute approximate surface area is 188 Å². The van der Waals surface area contributed by atoms with Crippen molar-refractivity contribution in [1.82, 2.24) is 9.55 Å². The number of halogens is 2. The Morgan fingerprint density at radius 3 is 2.48 bits per heavy atom. The van der Waals surface area contributed by atoms with Crippen molar-refractivity contribution in [2.24, 2.45) is 0 Å². The van der Waals surface area contributed by atoms with Crippen LogP contribution < -0.4 is 5.43 Å². The van der Waals surface area contributed by atoms with Gasteiger partial charge in [-0.25, -0.2) is 9.78 Å². The van der Waals surface area contributed by atoms with Gasteiger partial charge < -0.3 is 9.67 Å². The highest BCUT2D eigenvalue weighted by Crippen LogP contribution is 2.33. The Balaban J connectivity index is 2.09. The molecular formula is C24H18Cl2N2O3. The van der Waals surface area contributed by atoms with Crippen molar-refractivity contribution < 1.29 is 9.90 Å². The predicted octanol–water partition coefficient (Wildman–Crippen LogP) is 6.06. The van der Waals surface area contributed by atoms with E-state index >= 15 is 0 Å². The maximum Gasteiger partial charge on any atom is 0.341 e. The first kappa shape index (κ1) is 21.1. The molecule has 156 valence electrons. The molecule has 0 amide bonds. The summed E-state index contributed by atoms with van der Waals surface area (Å²) < 4.78 is 1.80. The minimum Gasteiger partial charge on any atom is -0.477 e. The van der Waals surface area contributed by atoms with E-state index in [0.717, 1.165) is 10.9 Å². The maximum atomic E-state index is 13.5. The molecule has 0 aliphatic carbocycles. The van der Waals surface area contributed by atoms with Crippen molar-refractivity contribution in [2.45, 2.75) is 20.4 Å². The summed E-state index contributed by atoms with van der Waals surface area (Å²) in [5.74, 6) is -1.31. The van der Waals surface area contributed by atoms with Crippen molar-refractivity contribution in [3.8, 4) is 22.5 Å². The summed E-state index contributed by atoms with van der Waals surface area (Å²) in [5.41, 5.74) is 1.95. The zero-order chi connectivity index (χ0) is 22.3. The second kappa shape index (κ2) is 8.17. The number of carbonyl (C=O) groups is 1. The van der Waals surface area contributed by atoms with Crippen LogP contribution in [0.25, 0.3) is 33.4 Å². The van der Waals surface area contributed by atoms with Crippen LogP contribution in [0.1, 0.15) is 23.0 Å². The molecule has 4 rings (SSSR count). The van der Waals surface area contributed by atoms with E-state index in [2.05, 4.69) is 4.98 Å². The zero-order valence-corrected chi connectivity index (χ0v) is 18.3. The third kappa shape index (κ3) is 3.60. The molecule has 0 saturated heterocycles. The Kier molecular flexibility index (Phi) is 5.56. The molecule has 2 aromatic carbocycles. The molecule has 31 heavy (non-hydrogen) atoms. The van der Waals surface area contributed by atoms with Crippen LogP contribution in [0.3, 0.4) is 0 Å². The molecule has 0 fully saturated rings. The molecule has 1 N–H and O–H groups in total. The van der Waals surface area contributed by atoms with E-state index in [-0.39, 0.29) is 16.1 Å². The van der Waals surface area contributed by atoms with Gasteiger partial charge >= 0.3 is 5.97 Å². The second-order valence-corrected chi connectivity index (χ2v) is 7.90. The number of hydrogen-bond acceptors (Lipinski definition) is 3. The van der Waals surface area contributed by atoms with Crippen molar-refractivity contribution in [2.75, 3.05) is 0 Å². The number of pyridine rings is 2. The topological polar surface area (TPSA) is 72.2 Å². The van der Waals surface area contributed by atoms with Gasteiger partial charge in [0.1, 0.15) is 5.56 Å². The Hall–Kier alpha value is -3.15. The number of carboxylic acid groups (broad SMARTS) is 1. The Morgan fingerprint density at radius 2 is 1.81 bits per heavy atom. The third-order valence-electron chi connectivity index (χ3n) is 5.31. The fourth-order valence-electron chi connectivity index (χ4n) is 3.88. The number of hydrogen-bond donors (Lipinski definition) is 1. The van der Waals surface area contributed by atoms with E-state index in [1.165, 1.54) is 0 Å². The summed E-state index contributed by atoms with van der Waals surface area (Å²) in [5, 5.41) is 11.6. The van der Waals surface area contributed by atoms with Crippen LogP contribution >= 0.6 is 23.2 Å². The number of rotatable bonds is 4. The monoisotopic (exact) mass is 452 g/mol. The first-order valence-corrected chi connectivity index (χ1v) is 10.4. The summed E-state index contributed by atoms with van der Waals surface area (Å²) in [4.78, 5) is 30.4. The summed E-state index contributed by atoms with van der Waals surface area (Å²) in [6.07, 6.45) is 0. The van der Waals surface area contributed by atoms with Gasteiger partial charge in [-0.05, 0) is 38.1 Å². The van der Waals surface area contributed by atoms with Gasteiger partial charge in [-0.2, -0.15) is 0 Å². The van der Waals surface area contributed by atoms with Gasteiger partial charge in [0, 0.05) is 23.2 Å². The van der Waals surface area contributed by atoms with Crippen LogP contribution in [0.5, 0.6) is 0 Å². The Bertz CT molecular complexity index is 1410. The van der Waals surface area contributed by atoms with Gasteiger partial charge in [-0.15, -0.1) is 0 Å². The highest BCUT2D eigenvalue weighted by Gasteiger charge is 2.26. The highest BCUT2D eigenvalue weighted by atomic mass is 35.5. The number of carboxylic acids is 1. The summed E-state index contributed by atoms with van der Waals surface area (Å²) in [6.45, 7) is 4.13. The molecule has 2 aromatic heterocycles. The molecule has 0 unspecified atom stereocenters. The van der Waals surface area contributed by atoms with E-state index in [1.807, 2.05) is 37.3 Å². The number of fused-ring (bicyclic) bond motifs is 1. The number of benzene rings is 2. The van der Waals surface area contributed by atoms with E-state index in [9.17, 15) is 14.7 Å². The van der Waals surface area contributed by atoms with E-state index < -0.39 is 11.4 Å². The van der Waals surface area contributed by atoms with Crippen LogP contribution in [0.4, 0.5) is 0 Å². The zero-order valence-electron chi connectivity index (χ0n) is 16.8. The largest absolute Gasteiger partial charge is 0.477 e. The number of aromatic nitrogens is 2. The third-order valence-corrected chi connectivity index (χ3v) is 6.04. The predicted molar refractivity (Wildman–Crippen MR) is 124 cm³/mol. The van der Waals surface area contributed by atoms with E-state index in [1.54, 1.807) is 35.8 Å². The Morgan fingerprint density at radius 1 is 1.06 bits per heavy atom. The van der Waals surface area contributed by atoms with Crippen molar-refractivity contribution in [1.29, 1.82) is 0 Å². The van der Waals surface area contributed by atoms with Gasteiger partial charge in [-0.1, -0.05) is 53.5 Å².